The quantitative estimate of drug-likeness (QED) is 0.132. The van der Waals surface area contributed by atoms with Crippen LogP contribution in [0.4, 0.5) is 0 Å². The Morgan fingerprint density at radius 2 is 1.60 bits per heavy atom. The number of carbonyl (C=O) groups excluding carboxylic acids is 1. The van der Waals surface area contributed by atoms with Crippen molar-refractivity contribution in [1.29, 1.82) is 0 Å². The number of rotatable bonds is 8. The lowest BCUT2D eigenvalue weighted by molar-refractivity contribution is 0.0955. The van der Waals surface area contributed by atoms with Crippen molar-refractivity contribution < 1.29 is 9.53 Å². The Bertz CT molecular complexity index is 1640. The molecule has 5 nitrogen and oxygen atoms in total. The highest BCUT2D eigenvalue weighted by Crippen LogP contribution is 2.35. The van der Waals surface area contributed by atoms with Gasteiger partial charge in [0.2, 0.25) is 0 Å². The van der Waals surface area contributed by atoms with Crippen molar-refractivity contribution in [1.82, 2.24) is 9.99 Å². The molecule has 0 aliphatic rings. The van der Waals surface area contributed by atoms with E-state index < -0.39 is 0 Å². The van der Waals surface area contributed by atoms with Crippen molar-refractivity contribution in [3.63, 3.8) is 0 Å². The third kappa shape index (κ3) is 6.55. The van der Waals surface area contributed by atoms with E-state index in [0.717, 1.165) is 42.7 Å². The summed E-state index contributed by atoms with van der Waals surface area (Å²) in [5.74, 6) is 0.376. The molecule has 0 unspecified atom stereocenters. The summed E-state index contributed by atoms with van der Waals surface area (Å²) >= 11 is 13.1. The first kappa shape index (κ1) is 27.9. The SMILES string of the molecule is Cc1ccc(-c2ccccc2)n1-c1ccc(C(=O)N/N=C/c2cc(Br)c(OCc3ccc(Cl)cc3)c(Br)c2)cc1. The molecule has 5 aromatic rings. The predicted molar refractivity (Wildman–Crippen MR) is 169 cm³/mol. The number of aromatic nitrogens is 1. The van der Waals surface area contributed by atoms with Crippen molar-refractivity contribution in [3.05, 3.63) is 139 Å². The van der Waals surface area contributed by atoms with Crippen LogP contribution in [-0.2, 0) is 6.61 Å². The van der Waals surface area contributed by atoms with Crippen LogP contribution in [0.15, 0.2) is 117 Å². The van der Waals surface area contributed by atoms with Gasteiger partial charge in [-0.3, -0.25) is 4.79 Å². The van der Waals surface area contributed by atoms with E-state index in [4.69, 9.17) is 16.3 Å². The molecule has 0 bridgehead atoms. The number of nitrogens with one attached hydrogen (secondary N) is 1. The summed E-state index contributed by atoms with van der Waals surface area (Å²) < 4.78 is 9.66. The van der Waals surface area contributed by atoms with Crippen molar-refractivity contribution in [2.75, 3.05) is 0 Å². The van der Waals surface area contributed by atoms with Crippen LogP contribution in [0.25, 0.3) is 16.9 Å². The van der Waals surface area contributed by atoms with Crippen LogP contribution in [-0.4, -0.2) is 16.7 Å². The molecule has 0 fully saturated rings. The van der Waals surface area contributed by atoms with Gasteiger partial charge in [0.15, 0.2) is 0 Å². The Kier molecular flexibility index (Phi) is 8.85. The summed E-state index contributed by atoms with van der Waals surface area (Å²) in [5.41, 5.74) is 9.22. The second-order valence-electron chi connectivity index (χ2n) is 9.04. The number of amides is 1. The largest absolute Gasteiger partial charge is 0.487 e. The molecule has 1 heterocycles. The van der Waals surface area contributed by atoms with Gasteiger partial charge >= 0.3 is 0 Å². The number of aryl methyl sites for hydroxylation is 1. The molecule has 8 heteroatoms. The molecule has 0 spiro atoms. The van der Waals surface area contributed by atoms with Crippen LogP contribution >= 0.6 is 43.5 Å². The van der Waals surface area contributed by atoms with Gasteiger partial charge in [-0.05, 0) is 116 Å². The molecular formula is C32H24Br2ClN3O2. The third-order valence-electron chi connectivity index (χ3n) is 6.23. The van der Waals surface area contributed by atoms with Gasteiger partial charge in [-0.25, -0.2) is 5.43 Å². The minimum absolute atomic E-state index is 0.295. The second-order valence-corrected chi connectivity index (χ2v) is 11.2. The van der Waals surface area contributed by atoms with Crippen molar-refractivity contribution in [3.8, 4) is 22.7 Å². The number of hydrogen-bond acceptors (Lipinski definition) is 3. The minimum atomic E-state index is -0.295. The fourth-order valence-electron chi connectivity index (χ4n) is 4.24. The van der Waals surface area contributed by atoms with Crippen molar-refractivity contribution in [2.45, 2.75) is 13.5 Å². The summed E-state index contributed by atoms with van der Waals surface area (Å²) in [6, 6.07) is 33.2. The summed E-state index contributed by atoms with van der Waals surface area (Å²) in [4.78, 5) is 12.7. The average Bonchev–Trinajstić information content (AvgIpc) is 3.35. The Morgan fingerprint density at radius 3 is 2.27 bits per heavy atom. The zero-order valence-electron chi connectivity index (χ0n) is 21.4. The van der Waals surface area contributed by atoms with E-state index in [2.05, 4.69) is 78.1 Å². The zero-order valence-corrected chi connectivity index (χ0v) is 25.4. The highest BCUT2D eigenvalue weighted by atomic mass is 79.9. The molecule has 0 aliphatic heterocycles. The highest BCUT2D eigenvalue weighted by Gasteiger charge is 2.12. The van der Waals surface area contributed by atoms with Crippen LogP contribution in [0.5, 0.6) is 5.75 Å². The van der Waals surface area contributed by atoms with E-state index in [1.807, 2.05) is 66.7 Å². The van der Waals surface area contributed by atoms with Gasteiger partial charge < -0.3 is 9.30 Å². The summed E-state index contributed by atoms with van der Waals surface area (Å²) in [5, 5.41) is 4.83. The van der Waals surface area contributed by atoms with Gasteiger partial charge in [-0.1, -0.05) is 54.1 Å². The first-order valence-corrected chi connectivity index (χ1v) is 14.4. The van der Waals surface area contributed by atoms with E-state index in [1.54, 1.807) is 18.3 Å². The number of benzene rings is 4. The standard InChI is InChI=1S/C32H24Br2ClN3O2/c1-21-7-16-30(24-5-3-2-4-6-24)38(21)27-14-10-25(11-15-27)32(39)37-36-19-23-17-28(33)31(29(34)18-23)40-20-22-8-12-26(35)13-9-22/h2-19H,20H2,1H3,(H,37,39)/b36-19+. The first-order chi connectivity index (χ1) is 19.4. The molecule has 40 heavy (non-hydrogen) atoms. The second kappa shape index (κ2) is 12.7. The summed E-state index contributed by atoms with van der Waals surface area (Å²) in [7, 11) is 0. The van der Waals surface area contributed by atoms with E-state index in [9.17, 15) is 4.79 Å². The topological polar surface area (TPSA) is 55.6 Å². The van der Waals surface area contributed by atoms with Crippen molar-refractivity contribution in [2.24, 2.45) is 5.10 Å². The molecular weight excluding hydrogens is 654 g/mol. The molecule has 1 aromatic heterocycles. The first-order valence-electron chi connectivity index (χ1n) is 12.4. The molecule has 5 rings (SSSR count). The lowest BCUT2D eigenvalue weighted by atomic mass is 10.1. The fourth-order valence-corrected chi connectivity index (χ4v) is 5.81. The van der Waals surface area contributed by atoms with Gasteiger partial charge in [0.1, 0.15) is 12.4 Å². The smallest absolute Gasteiger partial charge is 0.271 e. The summed E-state index contributed by atoms with van der Waals surface area (Å²) in [6.45, 7) is 2.46. The highest BCUT2D eigenvalue weighted by molar-refractivity contribution is 9.11. The predicted octanol–water partition coefficient (Wildman–Crippen LogP) is 8.97. The molecule has 200 valence electrons. The van der Waals surface area contributed by atoms with E-state index in [1.165, 1.54) is 0 Å². The van der Waals surface area contributed by atoms with Gasteiger partial charge in [0.05, 0.1) is 20.9 Å². The molecule has 1 amide bonds. The molecule has 0 saturated carbocycles. The number of ether oxygens (including phenoxy) is 1. The molecule has 0 radical (unpaired) electrons. The normalized spacial score (nSPS) is 11.1. The molecule has 4 aromatic carbocycles. The Labute approximate surface area is 254 Å². The average molecular weight is 678 g/mol. The minimum Gasteiger partial charge on any atom is -0.487 e. The molecule has 0 saturated heterocycles. The van der Waals surface area contributed by atoms with Crippen LogP contribution < -0.4 is 10.2 Å². The maximum absolute atomic E-state index is 12.7. The van der Waals surface area contributed by atoms with Crippen LogP contribution in [0.2, 0.25) is 5.02 Å². The van der Waals surface area contributed by atoms with E-state index >= 15 is 0 Å². The van der Waals surface area contributed by atoms with E-state index in [0.29, 0.717) is 22.9 Å². The van der Waals surface area contributed by atoms with Gasteiger partial charge in [0, 0.05) is 22.0 Å². The number of nitrogens with zero attached hydrogens (tertiary/aromatic N) is 2. The third-order valence-corrected chi connectivity index (χ3v) is 7.66. The van der Waals surface area contributed by atoms with Gasteiger partial charge in [0.25, 0.3) is 5.91 Å². The lowest BCUT2D eigenvalue weighted by Gasteiger charge is -2.13. The van der Waals surface area contributed by atoms with Crippen molar-refractivity contribution >= 4 is 55.6 Å². The number of hydrazone groups is 1. The van der Waals surface area contributed by atoms with Gasteiger partial charge in [-0.2, -0.15) is 5.10 Å². The van der Waals surface area contributed by atoms with Crippen LogP contribution in [0.3, 0.4) is 0 Å². The van der Waals surface area contributed by atoms with Gasteiger partial charge in [-0.15, -0.1) is 0 Å². The Hall–Kier alpha value is -3.65. The molecule has 0 atom stereocenters. The van der Waals surface area contributed by atoms with Crippen LogP contribution in [0, 0.1) is 6.92 Å². The molecule has 0 aliphatic carbocycles. The maximum Gasteiger partial charge on any atom is 0.271 e. The summed E-state index contributed by atoms with van der Waals surface area (Å²) in [6.07, 6.45) is 1.58. The zero-order chi connectivity index (χ0) is 28.1. The van der Waals surface area contributed by atoms with Crippen LogP contribution in [0.1, 0.15) is 27.2 Å². The lowest BCUT2D eigenvalue weighted by Crippen LogP contribution is -2.17. The number of halogens is 3. The van der Waals surface area contributed by atoms with E-state index in [-0.39, 0.29) is 5.91 Å². The maximum atomic E-state index is 12.7. The monoisotopic (exact) mass is 675 g/mol. The Morgan fingerprint density at radius 1 is 0.925 bits per heavy atom. The number of carbonyl (C=O) groups is 1. The Balaban J connectivity index is 1.23. The number of hydrogen-bond donors (Lipinski definition) is 1. The fraction of sp³-hybridized carbons (Fsp3) is 0.0625. The molecule has 1 N–H and O–H groups in total.